The molecule has 3 aromatic rings. The molecule has 0 aliphatic heterocycles. The van der Waals surface area contributed by atoms with Gasteiger partial charge in [-0.2, -0.15) is 0 Å². The molecule has 0 spiro atoms. The zero-order chi connectivity index (χ0) is 14.1. The summed E-state index contributed by atoms with van der Waals surface area (Å²) in [7, 11) is 0. The van der Waals surface area contributed by atoms with Crippen molar-refractivity contribution in [2.24, 2.45) is 0 Å². The van der Waals surface area contributed by atoms with E-state index in [4.69, 9.17) is 0 Å². The van der Waals surface area contributed by atoms with Crippen molar-refractivity contribution in [3.63, 3.8) is 0 Å². The molecular formula is C16H10INO2. The van der Waals surface area contributed by atoms with Gasteiger partial charge < -0.3 is 5.11 Å². The predicted octanol–water partition coefficient (Wildman–Crippen LogP) is 4.20. The van der Waals surface area contributed by atoms with Gasteiger partial charge >= 0.3 is 5.97 Å². The number of benzene rings is 2. The first kappa shape index (κ1) is 13.1. The van der Waals surface area contributed by atoms with Gasteiger partial charge in [0.15, 0.2) is 0 Å². The summed E-state index contributed by atoms with van der Waals surface area (Å²) in [6, 6.07) is 16.9. The second-order valence-corrected chi connectivity index (χ2v) is 5.52. The molecule has 3 rings (SSSR count). The molecule has 0 radical (unpaired) electrons. The Morgan fingerprint density at radius 3 is 2.50 bits per heavy atom. The Balaban J connectivity index is 2.35. The lowest BCUT2D eigenvalue weighted by molar-refractivity contribution is 0.0699. The maximum atomic E-state index is 11.5. The summed E-state index contributed by atoms with van der Waals surface area (Å²) < 4.78 is 0.893. The quantitative estimate of drug-likeness (QED) is 0.683. The van der Waals surface area contributed by atoms with Crippen LogP contribution in [0.1, 0.15) is 10.4 Å². The molecule has 1 heterocycles. The number of carbonyl (C=O) groups is 1. The van der Waals surface area contributed by atoms with Crippen molar-refractivity contribution in [2.45, 2.75) is 0 Å². The van der Waals surface area contributed by atoms with Crippen LogP contribution in [0.5, 0.6) is 0 Å². The predicted molar refractivity (Wildman–Crippen MR) is 86.9 cm³/mol. The molecule has 0 aliphatic carbocycles. The van der Waals surface area contributed by atoms with Crippen LogP contribution in [0.15, 0.2) is 54.6 Å². The van der Waals surface area contributed by atoms with E-state index in [0.717, 1.165) is 9.13 Å². The van der Waals surface area contributed by atoms with Gasteiger partial charge in [-0.1, -0.05) is 36.4 Å². The number of hydrogen-bond acceptors (Lipinski definition) is 2. The molecule has 0 unspecified atom stereocenters. The van der Waals surface area contributed by atoms with Crippen LogP contribution in [0.2, 0.25) is 0 Å². The number of rotatable bonds is 2. The molecule has 20 heavy (non-hydrogen) atoms. The minimum absolute atomic E-state index is 0.291. The number of carboxylic acids is 1. The van der Waals surface area contributed by atoms with E-state index in [1.54, 1.807) is 6.07 Å². The second-order valence-electron chi connectivity index (χ2n) is 4.36. The Hall–Kier alpha value is -1.95. The van der Waals surface area contributed by atoms with Crippen molar-refractivity contribution < 1.29 is 9.90 Å². The average molecular weight is 375 g/mol. The molecule has 0 atom stereocenters. The van der Waals surface area contributed by atoms with Crippen LogP contribution in [0.25, 0.3) is 22.2 Å². The smallest absolute Gasteiger partial charge is 0.336 e. The highest BCUT2D eigenvalue weighted by atomic mass is 127. The van der Waals surface area contributed by atoms with Crippen LogP contribution in [-0.2, 0) is 0 Å². The summed E-state index contributed by atoms with van der Waals surface area (Å²) in [5, 5.41) is 10.1. The Morgan fingerprint density at radius 2 is 1.80 bits per heavy atom. The first-order valence-corrected chi connectivity index (χ1v) is 7.12. The summed E-state index contributed by atoms with van der Waals surface area (Å²) in [4.78, 5) is 16.1. The summed E-state index contributed by atoms with van der Waals surface area (Å²) >= 11 is 2.14. The van der Waals surface area contributed by atoms with Crippen LogP contribution < -0.4 is 0 Å². The fourth-order valence-corrected chi connectivity index (χ4v) is 2.94. The van der Waals surface area contributed by atoms with Crippen molar-refractivity contribution in [3.05, 3.63) is 63.7 Å². The van der Waals surface area contributed by atoms with E-state index in [1.165, 1.54) is 0 Å². The largest absolute Gasteiger partial charge is 0.478 e. The third-order valence-electron chi connectivity index (χ3n) is 3.08. The Kier molecular flexibility index (Phi) is 3.40. The SMILES string of the molecule is O=C(O)c1cc(-c2ccccc2)nc2cccc(I)c12. The molecule has 0 fully saturated rings. The van der Waals surface area contributed by atoms with E-state index in [1.807, 2.05) is 48.5 Å². The summed E-state index contributed by atoms with van der Waals surface area (Å²) in [6.45, 7) is 0. The van der Waals surface area contributed by atoms with Crippen molar-refractivity contribution in [1.29, 1.82) is 0 Å². The molecule has 98 valence electrons. The molecule has 1 aromatic heterocycles. The highest BCUT2D eigenvalue weighted by molar-refractivity contribution is 14.1. The number of carboxylic acid groups (broad SMARTS) is 1. The van der Waals surface area contributed by atoms with E-state index in [-0.39, 0.29) is 0 Å². The minimum atomic E-state index is -0.932. The molecular weight excluding hydrogens is 365 g/mol. The van der Waals surface area contributed by atoms with Gasteiger partial charge in [0.1, 0.15) is 0 Å². The van der Waals surface area contributed by atoms with Gasteiger partial charge in [0.2, 0.25) is 0 Å². The topological polar surface area (TPSA) is 50.2 Å². The van der Waals surface area contributed by atoms with Crippen molar-refractivity contribution in [3.8, 4) is 11.3 Å². The fourth-order valence-electron chi connectivity index (χ4n) is 2.17. The van der Waals surface area contributed by atoms with Crippen molar-refractivity contribution in [2.75, 3.05) is 0 Å². The molecule has 0 amide bonds. The number of aromatic nitrogens is 1. The third-order valence-corrected chi connectivity index (χ3v) is 3.98. The van der Waals surface area contributed by atoms with Crippen LogP contribution in [-0.4, -0.2) is 16.1 Å². The molecule has 4 heteroatoms. The van der Waals surface area contributed by atoms with Gasteiger partial charge in [-0.3, -0.25) is 0 Å². The molecule has 0 saturated carbocycles. The fraction of sp³-hybridized carbons (Fsp3) is 0. The number of nitrogens with zero attached hydrogens (tertiary/aromatic N) is 1. The highest BCUT2D eigenvalue weighted by Crippen LogP contribution is 2.28. The molecule has 0 bridgehead atoms. The first-order chi connectivity index (χ1) is 9.66. The van der Waals surface area contributed by atoms with Gasteiger partial charge in [-0.05, 0) is 40.8 Å². The number of aromatic carboxylic acids is 1. The Labute approximate surface area is 129 Å². The molecule has 0 saturated heterocycles. The number of hydrogen-bond donors (Lipinski definition) is 1. The zero-order valence-corrected chi connectivity index (χ0v) is 12.5. The van der Waals surface area contributed by atoms with E-state index in [0.29, 0.717) is 22.2 Å². The van der Waals surface area contributed by atoms with Gasteiger partial charge in [-0.25, -0.2) is 9.78 Å². The summed E-state index contributed by atoms with van der Waals surface area (Å²) in [5.74, 6) is -0.932. The highest BCUT2D eigenvalue weighted by Gasteiger charge is 2.14. The average Bonchev–Trinajstić information content (AvgIpc) is 2.47. The van der Waals surface area contributed by atoms with E-state index in [2.05, 4.69) is 27.6 Å². The van der Waals surface area contributed by atoms with Crippen LogP contribution >= 0.6 is 22.6 Å². The molecule has 1 N–H and O–H groups in total. The normalized spacial score (nSPS) is 10.7. The van der Waals surface area contributed by atoms with Gasteiger partial charge in [0.05, 0.1) is 16.8 Å². The number of fused-ring (bicyclic) bond motifs is 1. The summed E-state index contributed by atoms with van der Waals surface area (Å²) in [6.07, 6.45) is 0. The zero-order valence-electron chi connectivity index (χ0n) is 10.4. The number of pyridine rings is 1. The maximum absolute atomic E-state index is 11.5. The van der Waals surface area contributed by atoms with E-state index >= 15 is 0 Å². The molecule has 2 aromatic carbocycles. The maximum Gasteiger partial charge on any atom is 0.336 e. The Morgan fingerprint density at radius 1 is 1.05 bits per heavy atom. The number of halogens is 1. The lowest BCUT2D eigenvalue weighted by atomic mass is 10.0. The lowest BCUT2D eigenvalue weighted by Gasteiger charge is -2.08. The summed E-state index contributed by atoms with van der Waals surface area (Å²) in [5.41, 5.74) is 2.59. The van der Waals surface area contributed by atoms with Gasteiger partial charge in [-0.15, -0.1) is 0 Å². The standard InChI is InChI=1S/C16H10INO2/c17-12-7-4-8-13-15(12)11(16(19)20)9-14(18-13)10-5-2-1-3-6-10/h1-9H,(H,19,20). The monoisotopic (exact) mass is 375 g/mol. The Bertz CT molecular complexity index is 800. The van der Waals surface area contributed by atoms with Crippen LogP contribution in [0, 0.1) is 3.57 Å². The van der Waals surface area contributed by atoms with Crippen LogP contribution in [0.3, 0.4) is 0 Å². The second kappa shape index (κ2) is 5.20. The molecule has 3 nitrogen and oxygen atoms in total. The van der Waals surface area contributed by atoms with Gasteiger partial charge in [0, 0.05) is 14.5 Å². The van der Waals surface area contributed by atoms with Crippen molar-refractivity contribution in [1.82, 2.24) is 4.98 Å². The molecule has 0 aliphatic rings. The van der Waals surface area contributed by atoms with Crippen LogP contribution in [0.4, 0.5) is 0 Å². The van der Waals surface area contributed by atoms with Gasteiger partial charge in [0.25, 0.3) is 0 Å². The van der Waals surface area contributed by atoms with E-state index in [9.17, 15) is 9.90 Å². The third kappa shape index (κ3) is 2.27. The van der Waals surface area contributed by atoms with Crippen molar-refractivity contribution >= 4 is 39.5 Å². The van der Waals surface area contributed by atoms with E-state index < -0.39 is 5.97 Å². The lowest BCUT2D eigenvalue weighted by Crippen LogP contribution is -2.01. The first-order valence-electron chi connectivity index (χ1n) is 6.05. The minimum Gasteiger partial charge on any atom is -0.478 e.